The van der Waals surface area contributed by atoms with Crippen LogP contribution in [-0.2, 0) is 4.79 Å². The Kier molecular flexibility index (Phi) is 3.53. The molecule has 2 aliphatic rings. The zero-order valence-electron chi connectivity index (χ0n) is 10.2. The average molecular weight is 225 g/mol. The van der Waals surface area contributed by atoms with Crippen molar-refractivity contribution in [2.24, 2.45) is 11.3 Å². The first-order valence-electron chi connectivity index (χ1n) is 6.64. The molecule has 3 nitrogen and oxygen atoms in total. The Bertz CT molecular complexity index is 257. The normalized spacial score (nSPS) is 24.1. The summed E-state index contributed by atoms with van der Waals surface area (Å²) in [4.78, 5) is 11.1. The number of hydrogen-bond donors (Lipinski definition) is 2. The van der Waals surface area contributed by atoms with Gasteiger partial charge in [0, 0.05) is 6.54 Å². The third-order valence-electron chi connectivity index (χ3n) is 4.18. The van der Waals surface area contributed by atoms with Gasteiger partial charge in [-0.1, -0.05) is 19.8 Å². The molecule has 0 aromatic carbocycles. The molecule has 0 amide bonds. The Morgan fingerprint density at radius 3 is 2.62 bits per heavy atom. The van der Waals surface area contributed by atoms with Gasteiger partial charge in [-0.25, -0.2) is 0 Å². The lowest BCUT2D eigenvalue weighted by Gasteiger charge is -2.19. The molecule has 0 aromatic heterocycles. The van der Waals surface area contributed by atoms with Gasteiger partial charge in [0.2, 0.25) is 0 Å². The number of carboxylic acids is 1. The summed E-state index contributed by atoms with van der Waals surface area (Å²) in [5, 5.41) is 12.4. The van der Waals surface area contributed by atoms with Crippen molar-refractivity contribution in [2.45, 2.75) is 57.9 Å². The van der Waals surface area contributed by atoms with Crippen molar-refractivity contribution in [2.75, 3.05) is 6.54 Å². The van der Waals surface area contributed by atoms with Crippen LogP contribution < -0.4 is 5.32 Å². The summed E-state index contributed by atoms with van der Waals surface area (Å²) in [5.41, 5.74) is 0.500. The summed E-state index contributed by atoms with van der Waals surface area (Å²) in [6.45, 7) is 3.03. The van der Waals surface area contributed by atoms with Crippen molar-refractivity contribution < 1.29 is 9.90 Å². The van der Waals surface area contributed by atoms with E-state index in [1.165, 1.54) is 25.7 Å². The largest absolute Gasteiger partial charge is 0.480 e. The molecule has 2 saturated carbocycles. The van der Waals surface area contributed by atoms with Crippen LogP contribution in [0.3, 0.4) is 0 Å². The van der Waals surface area contributed by atoms with Crippen LogP contribution in [0.15, 0.2) is 0 Å². The number of hydrogen-bond acceptors (Lipinski definition) is 2. The second-order valence-corrected chi connectivity index (χ2v) is 5.55. The molecule has 2 aliphatic carbocycles. The molecule has 1 unspecified atom stereocenters. The van der Waals surface area contributed by atoms with Crippen LogP contribution in [0.4, 0.5) is 0 Å². The molecular formula is C13H23NO2. The number of aliphatic carboxylic acids is 1. The van der Waals surface area contributed by atoms with Gasteiger partial charge in [-0.3, -0.25) is 4.79 Å². The number of rotatable bonds is 8. The monoisotopic (exact) mass is 225 g/mol. The Labute approximate surface area is 97.6 Å². The minimum atomic E-state index is -0.681. The number of carboxylic acid groups (broad SMARTS) is 1. The van der Waals surface area contributed by atoms with Crippen LogP contribution in [0, 0.1) is 11.3 Å². The summed E-state index contributed by atoms with van der Waals surface area (Å²) < 4.78 is 0. The fourth-order valence-corrected chi connectivity index (χ4v) is 2.63. The van der Waals surface area contributed by atoms with Crippen LogP contribution in [0.1, 0.15) is 51.9 Å². The molecule has 2 rings (SSSR count). The van der Waals surface area contributed by atoms with Crippen LogP contribution in [0.2, 0.25) is 0 Å². The van der Waals surface area contributed by atoms with Crippen molar-refractivity contribution >= 4 is 5.97 Å². The Morgan fingerprint density at radius 1 is 1.50 bits per heavy atom. The molecule has 0 bridgehead atoms. The zero-order valence-corrected chi connectivity index (χ0v) is 10.2. The van der Waals surface area contributed by atoms with Gasteiger partial charge >= 0.3 is 5.97 Å². The van der Waals surface area contributed by atoms with E-state index in [1.54, 1.807) is 0 Å². The van der Waals surface area contributed by atoms with Crippen LogP contribution >= 0.6 is 0 Å². The summed E-state index contributed by atoms with van der Waals surface area (Å²) in [6.07, 6.45) is 8.20. The second-order valence-electron chi connectivity index (χ2n) is 5.55. The fraction of sp³-hybridized carbons (Fsp3) is 0.923. The van der Waals surface area contributed by atoms with E-state index in [4.69, 9.17) is 5.11 Å². The SMILES string of the molecule is CCCCC(NCC1(C2CC2)CC1)C(=O)O. The quantitative estimate of drug-likeness (QED) is 0.667. The van der Waals surface area contributed by atoms with E-state index in [-0.39, 0.29) is 6.04 Å². The highest BCUT2D eigenvalue weighted by Gasteiger charge is 2.53. The predicted molar refractivity (Wildman–Crippen MR) is 63.3 cm³/mol. The lowest BCUT2D eigenvalue weighted by atomic mass is 9.99. The molecule has 3 heteroatoms. The van der Waals surface area contributed by atoms with Gasteiger partial charge < -0.3 is 10.4 Å². The van der Waals surface area contributed by atoms with Gasteiger partial charge in [-0.15, -0.1) is 0 Å². The van der Waals surface area contributed by atoms with Gasteiger partial charge in [0.15, 0.2) is 0 Å². The lowest BCUT2D eigenvalue weighted by molar-refractivity contribution is -0.139. The molecule has 0 spiro atoms. The minimum Gasteiger partial charge on any atom is -0.480 e. The van der Waals surface area contributed by atoms with Gasteiger partial charge in [0.1, 0.15) is 6.04 Å². The Balaban J connectivity index is 1.75. The van der Waals surface area contributed by atoms with E-state index in [9.17, 15) is 4.79 Å². The van der Waals surface area contributed by atoms with Gasteiger partial charge in [0.25, 0.3) is 0 Å². The van der Waals surface area contributed by atoms with E-state index in [0.29, 0.717) is 5.41 Å². The highest BCUT2D eigenvalue weighted by atomic mass is 16.4. The summed E-state index contributed by atoms with van der Waals surface area (Å²) in [7, 11) is 0. The molecule has 0 aliphatic heterocycles. The van der Waals surface area contributed by atoms with Crippen LogP contribution in [0.25, 0.3) is 0 Å². The highest BCUT2D eigenvalue weighted by Crippen LogP contribution is 2.60. The molecule has 2 fully saturated rings. The Hall–Kier alpha value is -0.570. The number of carbonyl (C=O) groups is 1. The van der Waals surface area contributed by atoms with Crippen molar-refractivity contribution in [1.82, 2.24) is 5.32 Å². The van der Waals surface area contributed by atoms with E-state index in [2.05, 4.69) is 12.2 Å². The molecule has 0 heterocycles. The van der Waals surface area contributed by atoms with E-state index in [0.717, 1.165) is 31.7 Å². The standard InChI is InChI=1S/C13H23NO2/c1-2-3-4-11(12(15)16)14-9-13(7-8-13)10-5-6-10/h10-11,14H,2-9H2,1H3,(H,15,16). The molecule has 0 radical (unpaired) electrons. The first kappa shape index (κ1) is 11.9. The van der Waals surface area contributed by atoms with E-state index < -0.39 is 5.97 Å². The molecular weight excluding hydrogens is 202 g/mol. The molecule has 0 saturated heterocycles. The maximum Gasteiger partial charge on any atom is 0.320 e. The molecule has 0 aromatic rings. The lowest BCUT2D eigenvalue weighted by Crippen LogP contribution is -2.40. The third kappa shape index (κ3) is 2.76. The second kappa shape index (κ2) is 4.74. The van der Waals surface area contributed by atoms with Crippen LogP contribution in [0.5, 0.6) is 0 Å². The van der Waals surface area contributed by atoms with Crippen molar-refractivity contribution in [3.05, 3.63) is 0 Å². The fourth-order valence-electron chi connectivity index (χ4n) is 2.63. The minimum absolute atomic E-state index is 0.323. The molecule has 16 heavy (non-hydrogen) atoms. The van der Waals surface area contributed by atoms with E-state index in [1.807, 2.05) is 0 Å². The van der Waals surface area contributed by atoms with Gasteiger partial charge in [0.05, 0.1) is 0 Å². The van der Waals surface area contributed by atoms with Gasteiger partial charge in [-0.2, -0.15) is 0 Å². The third-order valence-corrected chi connectivity index (χ3v) is 4.18. The summed E-state index contributed by atoms with van der Waals surface area (Å²) in [6, 6.07) is -0.323. The number of nitrogens with one attached hydrogen (secondary N) is 1. The van der Waals surface area contributed by atoms with Crippen molar-refractivity contribution in [3.8, 4) is 0 Å². The molecule has 2 N–H and O–H groups in total. The average Bonchev–Trinajstić information content (AvgIpc) is 3.10. The first-order chi connectivity index (χ1) is 7.68. The molecule has 1 atom stereocenters. The zero-order chi connectivity index (χ0) is 11.6. The summed E-state index contributed by atoms with van der Waals surface area (Å²) in [5.74, 6) is 0.223. The maximum atomic E-state index is 11.1. The Morgan fingerprint density at radius 2 is 2.19 bits per heavy atom. The number of unbranched alkanes of at least 4 members (excludes halogenated alkanes) is 1. The maximum absolute atomic E-state index is 11.1. The smallest absolute Gasteiger partial charge is 0.320 e. The van der Waals surface area contributed by atoms with Gasteiger partial charge in [-0.05, 0) is 43.4 Å². The topological polar surface area (TPSA) is 49.3 Å². The predicted octanol–water partition coefficient (Wildman–Crippen LogP) is 2.41. The van der Waals surface area contributed by atoms with Crippen molar-refractivity contribution in [1.29, 1.82) is 0 Å². The first-order valence-corrected chi connectivity index (χ1v) is 6.64. The van der Waals surface area contributed by atoms with E-state index >= 15 is 0 Å². The molecule has 92 valence electrons. The summed E-state index contributed by atoms with van der Waals surface area (Å²) >= 11 is 0. The van der Waals surface area contributed by atoms with Crippen molar-refractivity contribution in [3.63, 3.8) is 0 Å². The highest BCUT2D eigenvalue weighted by molar-refractivity contribution is 5.73. The van der Waals surface area contributed by atoms with Crippen LogP contribution in [-0.4, -0.2) is 23.7 Å².